The van der Waals surface area contributed by atoms with Crippen LogP contribution in [0.1, 0.15) is 43.2 Å². The molecule has 0 aromatic heterocycles. The molecule has 0 atom stereocenters. The number of ether oxygens (including phenoxy) is 1. The van der Waals surface area contributed by atoms with Gasteiger partial charge in [0, 0.05) is 16.1 Å². The van der Waals surface area contributed by atoms with Crippen molar-refractivity contribution in [3.05, 3.63) is 28.3 Å². The molecule has 2 rings (SSSR count). The highest BCUT2D eigenvalue weighted by Crippen LogP contribution is 2.45. The molecule has 0 bridgehead atoms. The topological polar surface area (TPSA) is 35.2 Å². The zero-order chi connectivity index (χ0) is 15.0. The Morgan fingerprint density at radius 2 is 1.80 bits per heavy atom. The Hall–Kier alpha value is -0.940. The van der Waals surface area contributed by atoms with Crippen molar-refractivity contribution in [3.8, 4) is 5.75 Å². The molecule has 0 spiro atoms. The average Bonchev–Trinajstić information content (AvgIpc) is 2.37. The number of methoxy groups -OCH3 is 1. The van der Waals surface area contributed by atoms with Crippen LogP contribution in [0.2, 0.25) is 5.02 Å². The van der Waals surface area contributed by atoms with Crippen LogP contribution in [0.4, 0.5) is 13.2 Å². The minimum atomic E-state index is -4.45. The van der Waals surface area contributed by atoms with Gasteiger partial charge in [0.05, 0.1) is 12.7 Å². The second-order valence-corrected chi connectivity index (χ2v) is 5.66. The number of alkyl halides is 3. The molecular weight excluding hydrogens is 291 g/mol. The van der Waals surface area contributed by atoms with Crippen LogP contribution in [0.25, 0.3) is 0 Å². The van der Waals surface area contributed by atoms with Gasteiger partial charge in [0.15, 0.2) is 0 Å². The largest absolute Gasteiger partial charge is 0.496 e. The maximum Gasteiger partial charge on any atom is 0.416 e. The fraction of sp³-hybridized carbons (Fsp3) is 0.571. The van der Waals surface area contributed by atoms with Crippen LogP contribution in [0.15, 0.2) is 12.1 Å². The number of hydrogen-bond donors (Lipinski definition) is 1. The first-order chi connectivity index (χ1) is 9.28. The van der Waals surface area contributed by atoms with Gasteiger partial charge in [-0.25, -0.2) is 0 Å². The van der Waals surface area contributed by atoms with Gasteiger partial charge in [-0.3, -0.25) is 0 Å². The summed E-state index contributed by atoms with van der Waals surface area (Å²) in [5, 5.41) is 0.0288. The minimum Gasteiger partial charge on any atom is -0.496 e. The summed E-state index contributed by atoms with van der Waals surface area (Å²) in [4.78, 5) is 0. The maximum absolute atomic E-state index is 12.8. The van der Waals surface area contributed by atoms with Crippen LogP contribution in [0.3, 0.4) is 0 Å². The molecule has 0 saturated heterocycles. The lowest BCUT2D eigenvalue weighted by Crippen LogP contribution is -2.39. The summed E-state index contributed by atoms with van der Waals surface area (Å²) in [5.41, 5.74) is 5.35. The zero-order valence-electron chi connectivity index (χ0n) is 11.2. The minimum absolute atomic E-state index is 0.0288. The van der Waals surface area contributed by atoms with E-state index in [4.69, 9.17) is 22.1 Å². The highest BCUT2D eigenvalue weighted by Gasteiger charge is 2.38. The van der Waals surface area contributed by atoms with E-state index in [1.807, 2.05) is 0 Å². The summed E-state index contributed by atoms with van der Waals surface area (Å²) in [7, 11) is 1.33. The molecule has 20 heavy (non-hydrogen) atoms. The molecule has 1 saturated carbocycles. The van der Waals surface area contributed by atoms with Crippen LogP contribution < -0.4 is 10.5 Å². The van der Waals surface area contributed by atoms with Crippen molar-refractivity contribution < 1.29 is 17.9 Å². The summed E-state index contributed by atoms with van der Waals surface area (Å²) in [5.74, 6) is 0.120. The van der Waals surface area contributed by atoms with Crippen molar-refractivity contribution in [1.29, 1.82) is 0 Å². The van der Waals surface area contributed by atoms with Crippen molar-refractivity contribution in [2.24, 2.45) is 5.73 Å². The number of rotatable bonds is 2. The summed E-state index contributed by atoms with van der Waals surface area (Å²) >= 11 is 6.08. The van der Waals surface area contributed by atoms with Crippen LogP contribution in [-0.4, -0.2) is 7.11 Å². The Bertz CT molecular complexity index is 496. The molecular formula is C14H17ClF3NO. The van der Waals surface area contributed by atoms with Gasteiger partial charge in [-0.15, -0.1) is 0 Å². The number of halogens is 4. The third-order valence-electron chi connectivity index (χ3n) is 3.84. The van der Waals surface area contributed by atoms with Gasteiger partial charge in [-0.2, -0.15) is 13.2 Å². The molecule has 0 amide bonds. The Balaban J connectivity index is 2.53. The van der Waals surface area contributed by atoms with E-state index in [0.29, 0.717) is 18.4 Å². The first-order valence-electron chi connectivity index (χ1n) is 6.52. The molecule has 2 nitrogen and oxygen atoms in total. The van der Waals surface area contributed by atoms with Gasteiger partial charge in [0.2, 0.25) is 0 Å². The fourth-order valence-corrected chi connectivity index (χ4v) is 3.22. The van der Waals surface area contributed by atoms with E-state index in [-0.39, 0.29) is 10.8 Å². The van der Waals surface area contributed by atoms with Crippen LogP contribution in [0.5, 0.6) is 5.75 Å². The van der Waals surface area contributed by atoms with Gasteiger partial charge >= 0.3 is 6.18 Å². The van der Waals surface area contributed by atoms with E-state index in [2.05, 4.69) is 0 Å². The van der Waals surface area contributed by atoms with Crippen LogP contribution in [0, 0.1) is 0 Å². The van der Waals surface area contributed by atoms with Crippen molar-refractivity contribution >= 4 is 11.6 Å². The van der Waals surface area contributed by atoms with Gasteiger partial charge in [-0.1, -0.05) is 30.9 Å². The predicted octanol–water partition coefficient (Wildman–Crippen LogP) is 4.49. The van der Waals surface area contributed by atoms with E-state index in [1.165, 1.54) is 7.11 Å². The van der Waals surface area contributed by atoms with Gasteiger partial charge in [0.25, 0.3) is 0 Å². The molecule has 1 aliphatic rings. The Kier molecular flexibility index (Phi) is 4.21. The summed E-state index contributed by atoms with van der Waals surface area (Å²) in [6.07, 6.45) is -0.0831. The Labute approximate surface area is 121 Å². The fourth-order valence-electron chi connectivity index (χ4n) is 2.82. The van der Waals surface area contributed by atoms with Gasteiger partial charge < -0.3 is 10.5 Å². The van der Waals surface area contributed by atoms with Crippen molar-refractivity contribution in [2.75, 3.05) is 7.11 Å². The lowest BCUT2D eigenvalue weighted by Gasteiger charge is -2.35. The third-order valence-corrected chi connectivity index (χ3v) is 4.14. The smallest absolute Gasteiger partial charge is 0.416 e. The highest BCUT2D eigenvalue weighted by molar-refractivity contribution is 6.31. The molecule has 1 aromatic carbocycles. The molecule has 0 aliphatic heterocycles. The monoisotopic (exact) mass is 307 g/mol. The first kappa shape index (κ1) is 15.4. The Morgan fingerprint density at radius 3 is 2.30 bits per heavy atom. The third kappa shape index (κ3) is 2.88. The second-order valence-electron chi connectivity index (χ2n) is 5.25. The molecule has 1 aromatic rings. The molecule has 0 heterocycles. The zero-order valence-corrected chi connectivity index (χ0v) is 11.9. The molecule has 1 aliphatic carbocycles. The first-order valence-corrected chi connectivity index (χ1v) is 6.90. The lowest BCUT2D eigenvalue weighted by molar-refractivity contribution is -0.137. The number of hydrogen-bond acceptors (Lipinski definition) is 2. The SMILES string of the molecule is COc1cc(C(F)(F)F)cc(Cl)c1C1(N)CCCCC1. The summed E-state index contributed by atoms with van der Waals surface area (Å²) < 4.78 is 43.5. The van der Waals surface area contributed by atoms with Gasteiger partial charge in [-0.05, 0) is 25.0 Å². The van der Waals surface area contributed by atoms with Crippen LogP contribution >= 0.6 is 11.6 Å². The van der Waals surface area contributed by atoms with E-state index >= 15 is 0 Å². The average molecular weight is 308 g/mol. The highest BCUT2D eigenvalue weighted by atomic mass is 35.5. The molecule has 6 heteroatoms. The molecule has 2 N–H and O–H groups in total. The normalized spacial score (nSPS) is 18.9. The molecule has 0 radical (unpaired) electrons. The van der Waals surface area contributed by atoms with E-state index in [1.54, 1.807) is 0 Å². The van der Waals surface area contributed by atoms with Crippen molar-refractivity contribution in [2.45, 2.75) is 43.8 Å². The van der Waals surface area contributed by atoms with Crippen molar-refractivity contribution in [1.82, 2.24) is 0 Å². The molecule has 1 fully saturated rings. The van der Waals surface area contributed by atoms with E-state index in [9.17, 15) is 13.2 Å². The van der Waals surface area contributed by atoms with Crippen LogP contribution in [-0.2, 0) is 11.7 Å². The van der Waals surface area contributed by atoms with Gasteiger partial charge in [0.1, 0.15) is 5.75 Å². The quantitative estimate of drug-likeness (QED) is 0.874. The molecule has 0 unspecified atom stereocenters. The standard InChI is InChI=1S/C14H17ClF3NO/c1-20-11-8-9(14(16,17)18)7-10(15)12(11)13(19)5-3-2-4-6-13/h7-8H,2-6,19H2,1H3. The lowest BCUT2D eigenvalue weighted by atomic mass is 9.77. The molecule has 112 valence electrons. The second kappa shape index (κ2) is 5.45. The Morgan fingerprint density at radius 1 is 1.20 bits per heavy atom. The maximum atomic E-state index is 12.8. The summed E-state index contributed by atoms with van der Waals surface area (Å²) in [6.45, 7) is 0. The van der Waals surface area contributed by atoms with E-state index in [0.717, 1.165) is 31.4 Å². The summed E-state index contributed by atoms with van der Waals surface area (Å²) in [6, 6.07) is 1.91. The van der Waals surface area contributed by atoms with Crippen molar-refractivity contribution in [3.63, 3.8) is 0 Å². The predicted molar refractivity (Wildman–Crippen MR) is 72.0 cm³/mol. The number of nitrogens with two attached hydrogens (primary N) is 1. The number of benzene rings is 1. The van der Waals surface area contributed by atoms with E-state index < -0.39 is 17.3 Å².